The third-order valence-electron chi connectivity index (χ3n) is 5.36. The average molecular weight is 317 g/mol. The molecule has 2 fully saturated rings. The lowest BCUT2D eigenvalue weighted by Crippen LogP contribution is -2.56. The average Bonchev–Trinajstić information content (AvgIpc) is 2.54. The van der Waals surface area contributed by atoms with Crippen molar-refractivity contribution in [1.82, 2.24) is 15.5 Å². The molecule has 1 aromatic carbocycles. The van der Waals surface area contributed by atoms with E-state index in [0.29, 0.717) is 12.1 Å². The number of nitrogens with one attached hydrogen (secondary N) is 2. The molecule has 2 aliphatic rings. The van der Waals surface area contributed by atoms with Crippen molar-refractivity contribution in [3.05, 3.63) is 35.9 Å². The fourth-order valence-electron chi connectivity index (χ4n) is 4.04. The minimum Gasteiger partial charge on any atom is -0.394 e. The number of nitrogens with zero attached hydrogens (tertiary/aromatic N) is 1. The van der Waals surface area contributed by atoms with Gasteiger partial charge in [0, 0.05) is 18.1 Å². The number of carbonyl (C=O) groups excluding carboxylic acids is 1. The molecule has 5 heteroatoms. The first-order valence-electron chi connectivity index (χ1n) is 8.62. The van der Waals surface area contributed by atoms with Crippen molar-refractivity contribution < 1.29 is 9.90 Å². The molecule has 2 amide bonds. The van der Waals surface area contributed by atoms with E-state index < -0.39 is 0 Å². The number of benzene rings is 1. The summed E-state index contributed by atoms with van der Waals surface area (Å²) >= 11 is 0. The van der Waals surface area contributed by atoms with Crippen molar-refractivity contribution >= 4 is 6.03 Å². The molecule has 0 aliphatic carbocycles. The predicted molar refractivity (Wildman–Crippen MR) is 90.1 cm³/mol. The van der Waals surface area contributed by atoms with Crippen molar-refractivity contribution in [2.75, 3.05) is 13.7 Å². The molecule has 0 saturated carbocycles. The summed E-state index contributed by atoms with van der Waals surface area (Å²) in [7, 11) is 2.21. The number of rotatable bonds is 4. The van der Waals surface area contributed by atoms with Crippen molar-refractivity contribution in [3.8, 4) is 0 Å². The van der Waals surface area contributed by atoms with Crippen LogP contribution in [0.5, 0.6) is 0 Å². The minimum atomic E-state index is -0.359. The second-order valence-electron chi connectivity index (χ2n) is 6.84. The quantitative estimate of drug-likeness (QED) is 0.796. The zero-order chi connectivity index (χ0) is 16.2. The lowest BCUT2D eigenvalue weighted by molar-refractivity contribution is 0.0507. The fourth-order valence-corrected chi connectivity index (χ4v) is 4.04. The summed E-state index contributed by atoms with van der Waals surface area (Å²) in [6, 6.07) is 10.5. The Labute approximate surface area is 138 Å². The third-order valence-corrected chi connectivity index (χ3v) is 5.36. The van der Waals surface area contributed by atoms with Crippen molar-refractivity contribution in [2.24, 2.45) is 0 Å². The monoisotopic (exact) mass is 317 g/mol. The molecule has 5 nitrogen and oxygen atoms in total. The van der Waals surface area contributed by atoms with Crippen LogP contribution in [0.15, 0.2) is 30.3 Å². The first-order chi connectivity index (χ1) is 11.2. The van der Waals surface area contributed by atoms with E-state index >= 15 is 0 Å². The number of fused-ring (bicyclic) bond motifs is 2. The highest BCUT2D eigenvalue weighted by Gasteiger charge is 2.36. The number of aliphatic hydroxyl groups excluding tert-OH is 1. The minimum absolute atomic E-state index is 0.101. The maximum atomic E-state index is 12.3. The Balaban J connectivity index is 1.55. The molecule has 2 saturated heterocycles. The van der Waals surface area contributed by atoms with Gasteiger partial charge in [-0.1, -0.05) is 36.8 Å². The highest BCUT2D eigenvalue weighted by Crippen LogP contribution is 2.32. The van der Waals surface area contributed by atoms with Crippen LogP contribution in [0.25, 0.3) is 0 Å². The van der Waals surface area contributed by atoms with E-state index in [2.05, 4.69) is 22.6 Å². The molecule has 3 unspecified atom stereocenters. The second kappa shape index (κ2) is 7.32. The van der Waals surface area contributed by atoms with Crippen LogP contribution >= 0.6 is 0 Å². The Morgan fingerprint density at radius 2 is 1.91 bits per heavy atom. The molecule has 1 aromatic rings. The van der Waals surface area contributed by atoms with Crippen LogP contribution in [0.4, 0.5) is 4.79 Å². The highest BCUT2D eigenvalue weighted by atomic mass is 16.3. The Bertz CT molecular complexity index is 508. The van der Waals surface area contributed by atoms with Gasteiger partial charge in [0.2, 0.25) is 0 Å². The van der Waals surface area contributed by atoms with E-state index in [1.807, 2.05) is 30.3 Å². The van der Waals surface area contributed by atoms with Gasteiger partial charge in [-0.25, -0.2) is 4.79 Å². The lowest BCUT2D eigenvalue weighted by Gasteiger charge is -2.47. The number of urea groups is 1. The van der Waals surface area contributed by atoms with Crippen molar-refractivity contribution in [1.29, 1.82) is 0 Å². The molecule has 0 radical (unpaired) electrons. The standard InChI is InChI=1S/C18H27N3O2/c1-21-15-8-5-9-16(21)11-14(10-15)19-18(23)20-17(12-22)13-6-3-2-4-7-13/h2-4,6-7,14-17,22H,5,8-12H2,1H3,(H2,19,20,23). The molecule has 126 valence electrons. The van der Waals surface area contributed by atoms with Gasteiger partial charge in [-0.3, -0.25) is 0 Å². The smallest absolute Gasteiger partial charge is 0.315 e. The number of piperidine rings is 2. The lowest BCUT2D eigenvalue weighted by atomic mass is 9.82. The van der Waals surface area contributed by atoms with Crippen LogP contribution < -0.4 is 10.6 Å². The maximum Gasteiger partial charge on any atom is 0.315 e. The van der Waals surface area contributed by atoms with Gasteiger partial charge in [0.1, 0.15) is 0 Å². The number of amides is 2. The molecule has 3 atom stereocenters. The van der Waals surface area contributed by atoms with Crippen LogP contribution in [0.3, 0.4) is 0 Å². The summed E-state index contributed by atoms with van der Waals surface area (Å²) in [6.07, 6.45) is 5.82. The van der Waals surface area contributed by atoms with Gasteiger partial charge in [0.25, 0.3) is 0 Å². The SMILES string of the molecule is CN1C2CCCC1CC(NC(=O)NC(CO)c1ccccc1)C2. The fraction of sp³-hybridized carbons (Fsp3) is 0.611. The van der Waals surface area contributed by atoms with E-state index in [-0.39, 0.29) is 24.7 Å². The van der Waals surface area contributed by atoms with E-state index in [1.54, 1.807) is 0 Å². The number of carbonyl (C=O) groups is 1. The first-order valence-corrected chi connectivity index (χ1v) is 8.62. The number of hydrogen-bond donors (Lipinski definition) is 3. The topological polar surface area (TPSA) is 64.6 Å². The summed E-state index contributed by atoms with van der Waals surface area (Å²) in [5.74, 6) is 0. The van der Waals surface area contributed by atoms with Gasteiger partial charge in [-0.2, -0.15) is 0 Å². The molecule has 2 aliphatic heterocycles. The predicted octanol–water partition coefficient (Wildman–Crippen LogP) is 2.03. The van der Waals surface area contributed by atoms with Crippen LogP contribution in [0.1, 0.15) is 43.7 Å². The summed E-state index contributed by atoms with van der Waals surface area (Å²) < 4.78 is 0. The largest absolute Gasteiger partial charge is 0.394 e. The summed E-state index contributed by atoms with van der Waals surface area (Å²) in [5.41, 5.74) is 0.922. The molecule has 3 rings (SSSR count). The molecule has 2 heterocycles. The number of aliphatic hydroxyl groups is 1. The zero-order valence-electron chi connectivity index (χ0n) is 13.7. The normalized spacial score (nSPS) is 28.9. The number of hydrogen-bond acceptors (Lipinski definition) is 3. The molecule has 23 heavy (non-hydrogen) atoms. The van der Waals surface area contributed by atoms with Gasteiger partial charge in [-0.15, -0.1) is 0 Å². The van der Waals surface area contributed by atoms with Gasteiger partial charge in [0.05, 0.1) is 12.6 Å². The maximum absolute atomic E-state index is 12.3. The second-order valence-corrected chi connectivity index (χ2v) is 6.84. The van der Waals surface area contributed by atoms with E-state index in [1.165, 1.54) is 19.3 Å². The van der Waals surface area contributed by atoms with Crippen molar-refractivity contribution in [2.45, 2.75) is 56.3 Å². The van der Waals surface area contributed by atoms with Crippen LogP contribution in [0, 0.1) is 0 Å². The van der Waals surface area contributed by atoms with E-state index in [4.69, 9.17) is 0 Å². The summed E-state index contributed by atoms with van der Waals surface area (Å²) in [4.78, 5) is 14.8. The Kier molecular flexibility index (Phi) is 5.18. The summed E-state index contributed by atoms with van der Waals surface area (Å²) in [5, 5.41) is 15.6. The van der Waals surface area contributed by atoms with Crippen molar-refractivity contribution in [3.63, 3.8) is 0 Å². The van der Waals surface area contributed by atoms with Gasteiger partial charge in [0.15, 0.2) is 0 Å². The molecule has 2 bridgehead atoms. The molecule has 0 aromatic heterocycles. The van der Waals surface area contributed by atoms with Crippen LogP contribution in [0.2, 0.25) is 0 Å². The zero-order valence-corrected chi connectivity index (χ0v) is 13.7. The van der Waals surface area contributed by atoms with Gasteiger partial charge in [-0.05, 0) is 38.3 Å². The Morgan fingerprint density at radius 3 is 2.52 bits per heavy atom. The van der Waals surface area contributed by atoms with Gasteiger partial charge < -0.3 is 20.6 Å². The third kappa shape index (κ3) is 3.85. The van der Waals surface area contributed by atoms with Crippen LogP contribution in [-0.2, 0) is 0 Å². The van der Waals surface area contributed by atoms with E-state index in [0.717, 1.165) is 18.4 Å². The molecule has 3 N–H and O–H groups in total. The Morgan fingerprint density at radius 1 is 1.26 bits per heavy atom. The highest BCUT2D eigenvalue weighted by molar-refractivity contribution is 5.74. The molecule has 0 spiro atoms. The first kappa shape index (κ1) is 16.3. The van der Waals surface area contributed by atoms with Gasteiger partial charge >= 0.3 is 6.03 Å². The molecular formula is C18H27N3O2. The molecular weight excluding hydrogens is 290 g/mol. The van der Waals surface area contributed by atoms with Crippen LogP contribution in [-0.4, -0.2) is 47.8 Å². The summed E-state index contributed by atoms with van der Waals surface area (Å²) in [6.45, 7) is -0.101. The Hall–Kier alpha value is -1.59. The van der Waals surface area contributed by atoms with E-state index in [9.17, 15) is 9.90 Å².